The van der Waals surface area contributed by atoms with Crippen molar-refractivity contribution in [2.24, 2.45) is 0 Å². The molecule has 0 aromatic heterocycles. The van der Waals surface area contributed by atoms with E-state index in [1.165, 1.54) is 14.0 Å². The highest BCUT2D eigenvalue weighted by Gasteiger charge is 2.19. The van der Waals surface area contributed by atoms with E-state index in [4.69, 9.17) is 9.47 Å². The van der Waals surface area contributed by atoms with Crippen molar-refractivity contribution in [3.63, 3.8) is 0 Å². The largest absolute Gasteiger partial charge is 0.484 e. The van der Waals surface area contributed by atoms with Gasteiger partial charge in [0.2, 0.25) is 0 Å². The number of carbonyl (C=O) groups excluding carboxylic acids is 3. The van der Waals surface area contributed by atoms with Crippen molar-refractivity contribution in [3.05, 3.63) is 64.1 Å². The van der Waals surface area contributed by atoms with E-state index in [0.717, 1.165) is 10.0 Å². The smallest absolute Gasteiger partial charge is 0.307 e. The van der Waals surface area contributed by atoms with Gasteiger partial charge < -0.3 is 14.8 Å². The lowest BCUT2D eigenvalue weighted by Crippen LogP contribution is -2.34. The van der Waals surface area contributed by atoms with E-state index in [0.29, 0.717) is 11.3 Å². The quantitative estimate of drug-likeness (QED) is 0.509. The standard InChI is InChI=1S/C20H20BrNO5/c1-13(23)14-6-8-17(9-7-14)27-12-19(24)22-18(11-20(25)26-2)15-4-3-5-16(21)10-15/h3-10,18H,11-12H2,1-2H3,(H,22,24)/t18-/m1/s1. The normalized spacial score (nSPS) is 11.4. The molecule has 0 heterocycles. The van der Waals surface area contributed by atoms with Crippen LogP contribution < -0.4 is 10.1 Å². The number of ketones is 1. The Morgan fingerprint density at radius 3 is 2.41 bits per heavy atom. The van der Waals surface area contributed by atoms with E-state index >= 15 is 0 Å². The first-order valence-corrected chi connectivity index (χ1v) is 9.03. The third kappa shape index (κ3) is 6.53. The number of methoxy groups -OCH3 is 1. The minimum Gasteiger partial charge on any atom is -0.484 e. The third-order valence-corrected chi connectivity index (χ3v) is 4.31. The molecule has 0 fully saturated rings. The van der Waals surface area contributed by atoms with Gasteiger partial charge in [-0.3, -0.25) is 14.4 Å². The Morgan fingerprint density at radius 2 is 1.81 bits per heavy atom. The number of Topliss-reactive ketones (excluding diaryl/α,β-unsaturated/α-hetero) is 1. The molecule has 0 unspecified atom stereocenters. The summed E-state index contributed by atoms with van der Waals surface area (Å²) in [6, 6.07) is 13.3. The van der Waals surface area contributed by atoms with Crippen LogP contribution in [0.25, 0.3) is 0 Å². The third-order valence-electron chi connectivity index (χ3n) is 3.82. The number of carbonyl (C=O) groups is 3. The maximum atomic E-state index is 12.3. The molecule has 6 nitrogen and oxygen atoms in total. The van der Waals surface area contributed by atoms with Gasteiger partial charge in [-0.1, -0.05) is 28.1 Å². The number of hydrogen-bond acceptors (Lipinski definition) is 5. The summed E-state index contributed by atoms with van der Waals surface area (Å²) < 4.78 is 11.0. The van der Waals surface area contributed by atoms with Gasteiger partial charge in [0.25, 0.3) is 5.91 Å². The van der Waals surface area contributed by atoms with Gasteiger partial charge in [0.1, 0.15) is 5.75 Å². The topological polar surface area (TPSA) is 81.7 Å². The number of amides is 1. The molecule has 0 aliphatic rings. The van der Waals surface area contributed by atoms with E-state index in [1.807, 2.05) is 24.3 Å². The first-order chi connectivity index (χ1) is 12.9. The van der Waals surface area contributed by atoms with Crippen molar-refractivity contribution in [2.45, 2.75) is 19.4 Å². The van der Waals surface area contributed by atoms with Crippen LogP contribution in [0.15, 0.2) is 53.0 Å². The van der Waals surface area contributed by atoms with Gasteiger partial charge in [-0.05, 0) is 48.9 Å². The lowest BCUT2D eigenvalue weighted by molar-refractivity contribution is -0.141. The Hall–Kier alpha value is -2.67. The van der Waals surface area contributed by atoms with E-state index in [-0.39, 0.29) is 24.7 Å². The average molecular weight is 434 g/mol. The van der Waals surface area contributed by atoms with Crippen LogP contribution in [-0.2, 0) is 14.3 Å². The molecule has 2 aromatic rings. The van der Waals surface area contributed by atoms with Gasteiger partial charge in [0.05, 0.1) is 19.6 Å². The van der Waals surface area contributed by atoms with Gasteiger partial charge in [-0.15, -0.1) is 0 Å². The Bertz CT molecular complexity index is 819. The van der Waals surface area contributed by atoms with Crippen LogP contribution in [0, 0.1) is 0 Å². The summed E-state index contributed by atoms with van der Waals surface area (Å²) in [4.78, 5) is 35.2. The number of ether oxygens (including phenoxy) is 2. The summed E-state index contributed by atoms with van der Waals surface area (Å²) in [5.74, 6) is -0.373. The van der Waals surface area contributed by atoms with Crippen molar-refractivity contribution in [1.29, 1.82) is 0 Å². The van der Waals surface area contributed by atoms with E-state index in [9.17, 15) is 14.4 Å². The minimum absolute atomic E-state index is 0.00595. The summed E-state index contributed by atoms with van der Waals surface area (Å²) in [7, 11) is 1.30. The SMILES string of the molecule is COC(=O)C[C@@H](NC(=O)COc1ccc(C(C)=O)cc1)c1cccc(Br)c1. The molecule has 27 heavy (non-hydrogen) atoms. The second-order valence-electron chi connectivity index (χ2n) is 5.82. The number of halogens is 1. The number of rotatable bonds is 8. The molecular weight excluding hydrogens is 414 g/mol. The molecule has 142 valence electrons. The maximum absolute atomic E-state index is 12.3. The number of nitrogens with one attached hydrogen (secondary N) is 1. The Balaban J connectivity index is 2.00. The first kappa shape index (κ1) is 20.6. The van der Waals surface area contributed by atoms with Gasteiger partial charge >= 0.3 is 5.97 Å². The Morgan fingerprint density at radius 1 is 1.11 bits per heavy atom. The highest BCUT2D eigenvalue weighted by Crippen LogP contribution is 2.21. The summed E-state index contributed by atoms with van der Waals surface area (Å²) in [6.07, 6.45) is 0.00595. The molecule has 1 N–H and O–H groups in total. The van der Waals surface area contributed by atoms with E-state index in [1.54, 1.807) is 24.3 Å². The van der Waals surface area contributed by atoms with Crippen LogP contribution in [0.3, 0.4) is 0 Å². The number of hydrogen-bond donors (Lipinski definition) is 1. The fourth-order valence-corrected chi connectivity index (χ4v) is 2.81. The van der Waals surface area contributed by atoms with E-state index < -0.39 is 12.0 Å². The Kier molecular flexibility index (Phi) is 7.55. The number of benzene rings is 2. The predicted octanol–water partition coefficient (Wildman–Crippen LogP) is 3.45. The van der Waals surface area contributed by atoms with Crippen molar-refractivity contribution in [2.75, 3.05) is 13.7 Å². The molecule has 0 aliphatic heterocycles. The van der Waals surface area contributed by atoms with Gasteiger partial charge in [-0.25, -0.2) is 0 Å². The second-order valence-corrected chi connectivity index (χ2v) is 6.74. The van der Waals surface area contributed by atoms with Crippen LogP contribution in [0.4, 0.5) is 0 Å². The zero-order valence-electron chi connectivity index (χ0n) is 15.0. The fourth-order valence-electron chi connectivity index (χ4n) is 2.40. The van der Waals surface area contributed by atoms with Gasteiger partial charge in [-0.2, -0.15) is 0 Å². The molecule has 0 spiro atoms. The summed E-state index contributed by atoms with van der Waals surface area (Å²) in [6.45, 7) is 1.26. The average Bonchev–Trinajstić information content (AvgIpc) is 2.66. The van der Waals surface area contributed by atoms with Crippen LogP contribution >= 0.6 is 15.9 Å². The molecule has 0 aliphatic carbocycles. The van der Waals surface area contributed by atoms with Crippen LogP contribution in [-0.4, -0.2) is 31.4 Å². The summed E-state index contributed by atoms with van der Waals surface area (Å²) in [5, 5.41) is 2.79. The van der Waals surface area contributed by atoms with Crippen LogP contribution in [0.2, 0.25) is 0 Å². The maximum Gasteiger partial charge on any atom is 0.307 e. The molecule has 2 rings (SSSR count). The predicted molar refractivity (Wildman–Crippen MR) is 104 cm³/mol. The van der Waals surface area contributed by atoms with Crippen molar-refractivity contribution in [3.8, 4) is 5.75 Å². The molecular formula is C20H20BrNO5. The molecule has 7 heteroatoms. The molecule has 0 saturated heterocycles. The van der Waals surface area contributed by atoms with Crippen molar-refractivity contribution < 1.29 is 23.9 Å². The minimum atomic E-state index is -0.536. The molecule has 1 amide bonds. The van der Waals surface area contributed by atoms with Crippen molar-refractivity contribution >= 4 is 33.6 Å². The van der Waals surface area contributed by atoms with E-state index in [2.05, 4.69) is 21.2 Å². The van der Waals surface area contributed by atoms with Crippen molar-refractivity contribution in [1.82, 2.24) is 5.32 Å². The van der Waals surface area contributed by atoms with Gasteiger partial charge in [0, 0.05) is 10.0 Å². The lowest BCUT2D eigenvalue weighted by Gasteiger charge is -2.18. The molecule has 0 bridgehead atoms. The highest BCUT2D eigenvalue weighted by molar-refractivity contribution is 9.10. The molecule has 0 saturated carbocycles. The Labute approximate surface area is 166 Å². The fraction of sp³-hybridized carbons (Fsp3) is 0.250. The van der Waals surface area contributed by atoms with Crippen LogP contribution in [0.1, 0.15) is 35.3 Å². The zero-order valence-corrected chi connectivity index (χ0v) is 16.6. The summed E-state index contributed by atoms with van der Waals surface area (Å²) in [5.41, 5.74) is 1.34. The number of esters is 1. The highest BCUT2D eigenvalue weighted by atomic mass is 79.9. The first-order valence-electron chi connectivity index (χ1n) is 8.24. The molecule has 0 radical (unpaired) electrons. The molecule has 2 aromatic carbocycles. The lowest BCUT2D eigenvalue weighted by atomic mass is 10.0. The zero-order chi connectivity index (χ0) is 19.8. The molecule has 1 atom stereocenters. The monoisotopic (exact) mass is 433 g/mol. The second kappa shape index (κ2) is 9.87. The van der Waals surface area contributed by atoms with Gasteiger partial charge in [0.15, 0.2) is 12.4 Å². The summed E-state index contributed by atoms with van der Waals surface area (Å²) >= 11 is 3.38. The van der Waals surface area contributed by atoms with Crippen LogP contribution in [0.5, 0.6) is 5.75 Å².